The van der Waals surface area contributed by atoms with E-state index in [1.54, 1.807) is 25.4 Å². The van der Waals surface area contributed by atoms with Crippen molar-refractivity contribution in [1.29, 1.82) is 0 Å². The largest absolute Gasteiger partial charge is 0.497 e. The Labute approximate surface area is 140 Å². The summed E-state index contributed by atoms with van der Waals surface area (Å²) in [5.41, 5.74) is 1.06. The minimum Gasteiger partial charge on any atom is -0.497 e. The molecule has 3 rings (SSSR count). The molecule has 0 N–H and O–H groups in total. The predicted octanol–water partition coefficient (Wildman–Crippen LogP) is 2.59. The Balaban J connectivity index is 1.67. The Morgan fingerprint density at radius 1 is 1.26 bits per heavy atom. The molecule has 1 amide bonds. The van der Waals surface area contributed by atoms with Crippen LogP contribution in [-0.4, -0.2) is 42.5 Å². The van der Waals surface area contributed by atoms with Gasteiger partial charge in [-0.1, -0.05) is 23.7 Å². The lowest BCUT2D eigenvalue weighted by Crippen LogP contribution is -2.50. The second-order valence-corrected chi connectivity index (χ2v) is 5.80. The summed E-state index contributed by atoms with van der Waals surface area (Å²) in [7, 11) is 1.64. The molecule has 23 heavy (non-hydrogen) atoms. The molecule has 0 radical (unpaired) electrons. The van der Waals surface area contributed by atoms with E-state index in [1.807, 2.05) is 34.1 Å². The van der Waals surface area contributed by atoms with Crippen molar-refractivity contribution in [1.82, 2.24) is 9.88 Å². The van der Waals surface area contributed by atoms with E-state index in [-0.39, 0.29) is 5.91 Å². The van der Waals surface area contributed by atoms with Crippen molar-refractivity contribution >= 4 is 23.3 Å². The third-order valence-corrected chi connectivity index (χ3v) is 4.16. The molecule has 0 bridgehead atoms. The molecule has 2 heterocycles. The van der Waals surface area contributed by atoms with E-state index in [1.165, 1.54) is 0 Å². The maximum absolute atomic E-state index is 12.4. The van der Waals surface area contributed by atoms with Crippen LogP contribution in [0.15, 0.2) is 42.6 Å². The highest BCUT2D eigenvalue weighted by molar-refractivity contribution is 6.33. The first kappa shape index (κ1) is 15.6. The van der Waals surface area contributed by atoms with Gasteiger partial charge in [0.25, 0.3) is 0 Å². The number of rotatable bonds is 4. The average Bonchev–Trinajstić information content (AvgIpc) is 2.57. The molecule has 1 aliphatic rings. The molecule has 5 nitrogen and oxygen atoms in total. The fraction of sp³-hybridized carbons (Fsp3) is 0.294. The van der Waals surface area contributed by atoms with Crippen LogP contribution < -0.4 is 9.64 Å². The first-order chi connectivity index (χ1) is 11.2. The number of amides is 1. The highest BCUT2D eigenvalue weighted by Gasteiger charge is 2.25. The predicted molar refractivity (Wildman–Crippen MR) is 89.9 cm³/mol. The van der Waals surface area contributed by atoms with Crippen molar-refractivity contribution in [3.8, 4) is 5.75 Å². The Hall–Kier alpha value is -2.27. The van der Waals surface area contributed by atoms with Gasteiger partial charge in [-0.3, -0.25) is 4.79 Å². The number of carbonyl (C=O) groups is 1. The van der Waals surface area contributed by atoms with Crippen LogP contribution in [0.4, 0.5) is 5.82 Å². The zero-order chi connectivity index (χ0) is 16.2. The summed E-state index contributed by atoms with van der Waals surface area (Å²) in [5.74, 6) is 1.54. The fourth-order valence-corrected chi connectivity index (χ4v) is 2.90. The van der Waals surface area contributed by atoms with Gasteiger partial charge in [-0.2, -0.15) is 0 Å². The van der Waals surface area contributed by atoms with Crippen LogP contribution >= 0.6 is 11.6 Å². The number of halogens is 1. The normalized spacial score (nSPS) is 15.0. The lowest BCUT2D eigenvalue weighted by atomic mass is 10.2. The van der Waals surface area contributed by atoms with Crippen LogP contribution in [0.25, 0.3) is 0 Å². The van der Waals surface area contributed by atoms with Crippen LogP contribution in [0.1, 0.15) is 5.56 Å². The van der Waals surface area contributed by atoms with Crippen molar-refractivity contribution in [3.63, 3.8) is 0 Å². The van der Waals surface area contributed by atoms with Gasteiger partial charge in [0.1, 0.15) is 11.6 Å². The van der Waals surface area contributed by atoms with E-state index >= 15 is 0 Å². The number of methoxy groups -OCH3 is 1. The van der Waals surface area contributed by atoms with Crippen molar-refractivity contribution in [2.75, 3.05) is 31.6 Å². The maximum atomic E-state index is 12.4. The van der Waals surface area contributed by atoms with E-state index in [9.17, 15) is 4.79 Å². The van der Waals surface area contributed by atoms with Crippen LogP contribution in [0.2, 0.25) is 5.02 Å². The van der Waals surface area contributed by atoms with Gasteiger partial charge in [-0.05, 0) is 29.8 Å². The molecule has 0 aliphatic carbocycles. The molecule has 0 unspecified atom stereocenters. The number of nitrogens with zero attached hydrogens (tertiary/aromatic N) is 3. The Morgan fingerprint density at radius 3 is 2.87 bits per heavy atom. The SMILES string of the molecule is COc1cccc(CN2CCN(c3ncccc3Cl)CC2=O)c1. The van der Waals surface area contributed by atoms with E-state index in [0.717, 1.165) is 11.3 Å². The van der Waals surface area contributed by atoms with Crippen LogP contribution in [0.3, 0.4) is 0 Å². The van der Waals surface area contributed by atoms with Crippen molar-refractivity contribution in [3.05, 3.63) is 53.2 Å². The summed E-state index contributed by atoms with van der Waals surface area (Å²) in [6.07, 6.45) is 1.69. The van der Waals surface area contributed by atoms with Gasteiger partial charge < -0.3 is 14.5 Å². The summed E-state index contributed by atoms with van der Waals surface area (Å²) in [6.45, 7) is 2.23. The Morgan fingerprint density at radius 2 is 2.13 bits per heavy atom. The minimum absolute atomic E-state index is 0.0702. The lowest BCUT2D eigenvalue weighted by Gasteiger charge is -2.35. The maximum Gasteiger partial charge on any atom is 0.242 e. The van der Waals surface area contributed by atoms with Crippen molar-refractivity contribution in [2.24, 2.45) is 0 Å². The Bertz CT molecular complexity index is 708. The van der Waals surface area contributed by atoms with Crippen LogP contribution in [0.5, 0.6) is 5.75 Å². The summed E-state index contributed by atoms with van der Waals surface area (Å²) < 4.78 is 5.22. The third kappa shape index (κ3) is 3.56. The monoisotopic (exact) mass is 331 g/mol. The number of aromatic nitrogens is 1. The molecule has 1 saturated heterocycles. The van der Waals surface area contributed by atoms with Gasteiger partial charge in [-0.15, -0.1) is 0 Å². The van der Waals surface area contributed by atoms with Gasteiger partial charge in [0.15, 0.2) is 0 Å². The standard InChI is InChI=1S/C17H18ClN3O2/c1-23-14-5-2-4-13(10-14)11-20-8-9-21(12-16(20)22)17-15(18)6-3-7-19-17/h2-7,10H,8-9,11-12H2,1H3. The lowest BCUT2D eigenvalue weighted by molar-refractivity contribution is -0.131. The molecule has 2 aromatic rings. The zero-order valence-corrected chi connectivity index (χ0v) is 13.7. The van der Waals surface area contributed by atoms with Crippen molar-refractivity contribution in [2.45, 2.75) is 6.54 Å². The first-order valence-electron chi connectivity index (χ1n) is 7.43. The van der Waals surface area contributed by atoms with E-state index in [4.69, 9.17) is 16.3 Å². The number of ether oxygens (including phenoxy) is 1. The van der Waals surface area contributed by atoms with Gasteiger partial charge in [0.05, 0.1) is 18.7 Å². The highest BCUT2D eigenvalue weighted by Crippen LogP contribution is 2.24. The number of carbonyl (C=O) groups excluding carboxylic acids is 1. The molecule has 0 spiro atoms. The van der Waals surface area contributed by atoms with E-state index in [2.05, 4.69) is 4.98 Å². The molecule has 0 atom stereocenters. The van der Waals surface area contributed by atoms with Gasteiger partial charge in [-0.25, -0.2) is 4.98 Å². The first-order valence-corrected chi connectivity index (χ1v) is 7.81. The van der Waals surface area contributed by atoms with E-state index in [0.29, 0.717) is 37.0 Å². The molecule has 1 aromatic heterocycles. The van der Waals surface area contributed by atoms with Gasteiger partial charge >= 0.3 is 0 Å². The smallest absolute Gasteiger partial charge is 0.242 e. The quantitative estimate of drug-likeness (QED) is 0.864. The number of hydrogen-bond donors (Lipinski definition) is 0. The summed E-state index contributed by atoms with van der Waals surface area (Å²) in [6, 6.07) is 11.4. The number of piperazine rings is 1. The molecule has 1 aromatic carbocycles. The fourth-order valence-electron chi connectivity index (χ4n) is 2.66. The minimum atomic E-state index is 0.0702. The summed E-state index contributed by atoms with van der Waals surface area (Å²) in [4.78, 5) is 20.5. The van der Waals surface area contributed by atoms with Gasteiger partial charge in [0.2, 0.25) is 5.91 Å². The number of pyridine rings is 1. The topological polar surface area (TPSA) is 45.7 Å². The molecular weight excluding hydrogens is 314 g/mol. The summed E-state index contributed by atoms with van der Waals surface area (Å²) >= 11 is 6.16. The summed E-state index contributed by atoms with van der Waals surface area (Å²) in [5, 5.41) is 0.571. The molecule has 120 valence electrons. The molecule has 0 saturated carbocycles. The van der Waals surface area contributed by atoms with Crippen LogP contribution in [-0.2, 0) is 11.3 Å². The van der Waals surface area contributed by atoms with E-state index < -0.39 is 0 Å². The Kier molecular flexibility index (Phi) is 4.67. The molecular formula is C17H18ClN3O2. The van der Waals surface area contributed by atoms with Gasteiger partial charge in [0, 0.05) is 25.8 Å². The molecule has 1 fully saturated rings. The average molecular weight is 332 g/mol. The van der Waals surface area contributed by atoms with Crippen molar-refractivity contribution < 1.29 is 9.53 Å². The number of hydrogen-bond acceptors (Lipinski definition) is 4. The zero-order valence-electron chi connectivity index (χ0n) is 12.9. The molecule has 1 aliphatic heterocycles. The van der Waals surface area contributed by atoms with Crippen LogP contribution in [0, 0.1) is 0 Å². The number of benzene rings is 1. The third-order valence-electron chi connectivity index (χ3n) is 3.86. The second-order valence-electron chi connectivity index (χ2n) is 5.40. The second kappa shape index (κ2) is 6.87. The molecule has 6 heteroatoms. The number of anilines is 1. The highest BCUT2D eigenvalue weighted by atomic mass is 35.5.